The highest BCUT2D eigenvalue weighted by Crippen LogP contribution is 2.17. The average molecular weight is 256 g/mol. The molecule has 1 aromatic heterocycles. The zero-order valence-electron chi connectivity index (χ0n) is 11.3. The number of hydrogen-bond donors (Lipinski definition) is 1. The number of benzene rings is 1. The molecule has 2 atom stereocenters. The molecule has 2 unspecified atom stereocenters. The van der Waals surface area contributed by atoms with Gasteiger partial charge in [-0.3, -0.25) is 4.98 Å². The van der Waals surface area contributed by atoms with Gasteiger partial charge in [0.05, 0.1) is 23.9 Å². The summed E-state index contributed by atoms with van der Waals surface area (Å²) in [4.78, 5) is 4.64. The van der Waals surface area contributed by atoms with Crippen LogP contribution in [0.15, 0.2) is 36.4 Å². The summed E-state index contributed by atoms with van der Waals surface area (Å²) in [6, 6.07) is 12.4. The number of nitrogens with zero attached hydrogens (tertiary/aromatic N) is 1. The zero-order valence-corrected chi connectivity index (χ0v) is 11.3. The van der Waals surface area contributed by atoms with Crippen molar-refractivity contribution in [1.82, 2.24) is 10.3 Å². The molecule has 3 rings (SSSR count). The van der Waals surface area contributed by atoms with Crippen LogP contribution in [-0.2, 0) is 11.3 Å². The number of nitrogens with one attached hydrogen (secondary N) is 1. The monoisotopic (exact) mass is 256 g/mol. The van der Waals surface area contributed by atoms with Crippen LogP contribution < -0.4 is 5.32 Å². The maximum absolute atomic E-state index is 6.01. The lowest BCUT2D eigenvalue weighted by atomic mass is 9.97. The van der Waals surface area contributed by atoms with Crippen LogP contribution in [0, 0.1) is 5.92 Å². The van der Waals surface area contributed by atoms with Gasteiger partial charge in [0.15, 0.2) is 0 Å². The van der Waals surface area contributed by atoms with Crippen molar-refractivity contribution in [3.8, 4) is 0 Å². The number of piperidine rings is 1. The van der Waals surface area contributed by atoms with E-state index in [4.69, 9.17) is 4.74 Å². The summed E-state index contributed by atoms with van der Waals surface area (Å²) >= 11 is 0. The van der Waals surface area contributed by atoms with Gasteiger partial charge in [-0.1, -0.05) is 31.2 Å². The highest BCUT2D eigenvalue weighted by molar-refractivity contribution is 5.78. The van der Waals surface area contributed by atoms with Crippen LogP contribution >= 0.6 is 0 Å². The van der Waals surface area contributed by atoms with E-state index in [1.165, 1.54) is 11.8 Å². The van der Waals surface area contributed by atoms with E-state index in [1.807, 2.05) is 18.2 Å². The van der Waals surface area contributed by atoms with Gasteiger partial charge in [-0.25, -0.2) is 0 Å². The second-order valence-corrected chi connectivity index (χ2v) is 5.31. The molecule has 0 radical (unpaired) electrons. The molecule has 19 heavy (non-hydrogen) atoms. The molecule has 1 N–H and O–H groups in total. The lowest BCUT2D eigenvalue weighted by molar-refractivity contribution is -0.00785. The topological polar surface area (TPSA) is 34.1 Å². The average Bonchev–Trinajstić information content (AvgIpc) is 2.46. The molecule has 1 fully saturated rings. The third-order valence-electron chi connectivity index (χ3n) is 3.86. The molecule has 100 valence electrons. The lowest BCUT2D eigenvalue weighted by Crippen LogP contribution is -2.40. The summed E-state index contributed by atoms with van der Waals surface area (Å²) in [6.45, 7) is 4.92. The lowest BCUT2D eigenvalue weighted by Gasteiger charge is -2.29. The Morgan fingerprint density at radius 2 is 2.16 bits per heavy atom. The SMILES string of the molecule is CC1CCNCC1OCc1ccc2ccccc2n1. The van der Waals surface area contributed by atoms with Crippen LogP contribution in [-0.4, -0.2) is 24.2 Å². The minimum absolute atomic E-state index is 0.307. The van der Waals surface area contributed by atoms with Crippen LogP contribution in [0.3, 0.4) is 0 Å². The molecule has 2 aromatic rings. The van der Waals surface area contributed by atoms with Gasteiger partial charge >= 0.3 is 0 Å². The number of fused-ring (bicyclic) bond motifs is 1. The van der Waals surface area contributed by atoms with Crippen LogP contribution in [0.1, 0.15) is 19.0 Å². The summed E-state index contributed by atoms with van der Waals surface area (Å²) in [6.07, 6.45) is 1.50. The second kappa shape index (κ2) is 5.68. The molecule has 0 saturated carbocycles. The Kier molecular flexibility index (Phi) is 3.76. The number of pyridine rings is 1. The van der Waals surface area contributed by atoms with Gasteiger partial charge in [0.2, 0.25) is 0 Å². The van der Waals surface area contributed by atoms with E-state index < -0.39 is 0 Å². The minimum Gasteiger partial charge on any atom is -0.370 e. The maximum Gasteiger partial charge on any atom is 0.0892 e. The van der Waals surface area contributed by atoms with E-state index >= 15 is 0 Å². The van der Waals surface area contributed by atoms with E-state index in [-0.39, 0.29) is 0 Å². The molecule has 1 aliphatic heterocycles. The molecular formula is C16H20N2O. The van der Waals surface area contributed by atoms with Crippen molar-refractivity contribution in [3.05, 3.63) is 42.1 Å². The van der Waals surface area contributed by atoms with Gasteiger partial charge in [-0.15, -0.1) is 0 Å². The van der Waals surface area contributed by atoms with Gasteiger partial charge in [0.1, 0.15) is 0 Å². The molecule has 0 aliphatic carbocycles. The van der Waals surface area contributed by atoms with E-state index in [1.54, 1.807) is 0 Å². The van der Waals surface area contributed by atoms with Crippen molar-refractivity contribution in [2.45, 2.75) is 26.1 Å². The third kappa shape index (κ3) is 2.94. The molecule has 0 spiro atoms. The number of para-hydroxylation sites is 1. The summed E-state index contributed by atoms with van der Waals surface area (Å²) in [5.41, 5.74) is 2.05. The minimum atomic E-state index is 0.307. The first-order valence-corrected chi connectivity index (χ1v) is 7.00. The predicted octanol–water partition coefficient (Wildman–Crippen LogP) is 2.75. The first kappa shape index (κ1) is 12.6. The van der Waals surface area contributed by atoms with E-state index in [0.29, 0.717) is 18.6 Å². The van der Waals surface area contributed by atoms with Crippen molar-refractivity contribution in [2.75, 3.05) is 13.1 Å². The molecule has 1 aliphatic rings. The van der Waals surface area contributed by atoms with Crippen molar-refractivity contribution in [2.24, 2.45) is 5.92 Å². The van der Waals surface area contributed by atoms with E-state index in [0.717, 1.165) is 24.3 Å². The van der Waals surface area contributed by atoms with Crippen molar-refractivity contribution >= 4 is 10.9 Å². The molecule has 0 amide bonds. The summed E-state index contributed by atoms with van der Waals surface area (Å²) in [5, 5.41) is 4.57. The Bertz CT molecular complexity index is 555. The van der Waals surface area contributed by atoms with E-state index in [2.05, 4.69) is 35.4 Å². The zero-order chi connectivity index (χ0) is 13.1. The normalized spacial score (nSPS) is 23.6. The molecule has 1 aromatic carbocycles. The number of ether oxygens (including phenoxy) is 1. The van der Waals surface area contributed by atoms with Gasteiger partial charge in [0, 0.05) is 11.9 Å². The molecule has 2 heterocycles. The van der Waals surface area contributed by atoms with Crippen molar-refractivity contribution in [3.63, 3.8) is 0 Å². The van der Waals surface area contributed by atoms with Crippen molar-refractivity contribution < 1.29 is 4.74 Å². The molecule has 1 saturated heterocycles. The van der Waals surface area contributed by atoms with Crippen LogP contribution in [0.2, 0.25) is 0 Å². The quantitative estimate of drug-likeness (QED) is 0.917. The van der Waals surface area contributed by atoms with Crippen LogP contribution in [0.4, 0.5) is 0 Å². The Labute approximate surface area is 114 Å². The smallest absolute Gasteiger partial charge is 0.0892 e. The highest BCUT2D eigenvalue weighted by atomic mass is 16.5. The van der Waals surface area contributed by atoms with Crippen LogP contribution in [0.5, 0.6) is 0 Å². The fourth-order valence-electron chi connectivity index (χ4n) is 2.57. The Hall–Kier alpha value is -1.45. The number of hydrogen-bond acceptors (Lipinski definition) is 3. The van der Waals surface area contributed by atoms with Gasteiger partial charge in [-0.05, 0) is 31.0 Å². The Morgan fingerprint density at radius 3 is 3.05 bits per heavy atom. The third-order valence-corrected chi connectivity index (χ3v) is 3.86. The summed E-state index contributed by atoms with van der Waals surface area (Å²) in [5.74, 6) is 0.627. The van der Waals surface area contributed by atoms with E-state index in [9.17, 15) is 0 Å². The van der Waals surface area contributed by atoms with Crippen LogP contribution in [0.25, 0.3) is 10.9 Å². The van der Waals surface area contributed by atoms with Gasteiger partial charge in [-0.2, -0.15) is 0 Å². The molecular weight excluding hydrogens is 236 g/mol. The predicted molar refractivity (Wildman–Crippen MR) is 77.0 cm³/mol. The van der Waals surface area contributed by atoms with Gasteiger partial charge < -0.3 is 10.1 Å². The standard InChI is InChI=1S/C16H20N2O/c1-12-8-9-17-10-16(12)19-11-14-7-6-13-4-2-3-5-15(13)18-14/h2-7,12,16-17H,8-11H2,1H3. The summed E-state index contributed by atoms with van der Waals surface area (Å²) < 4.78 is 6.01. The maximum atomic E-state index is 6.01. The van der Waals surface area contributed by atoms with Crippen molar-refractivity contribution in [1.29, 1.82) is 0 Å². The second-order valence-electron chi connectivity index (χ2n) is 5.31. The number of aromatic nitrogens is 1. The fraction of sp³-hybridized carbons (Fsp3) is 0.438. The molecule has 0 bridgehead atoms. The first-order valence-electron chi connectivity index (χ1n) is 7.00. The largest absolute Gasteiger partial charge is 0.370 e. The van der Waals surface area contributed by atoms with Gasteiger partial charge in [0.25, 0.3) is 0 Å². The Morgan fingerprint density at radius 1 is 1.26 bits per heavy atom. The molecule has 3 nitrogen and oxygen atoms in total. The first-order chi connectivity index (χ1) is 9.33. The molecule has 3 heteroatoms. The number of rotatable bonds is 3. The summed E-state index contributed by atoms with van der Waals surface area (Å²) in [7, 11) is 0. The fourth-order valence-corrected chi connectivity index (χ4v) is 2.57. The highest BCUT2D eigenvalue weighted by Gasteiger charge is 2.21. The Balaban J connectivity index is 1.67.